The SMILES string of the molecule is Cc1ccc(/C(=C\C(F)(F)F)OC(=O)c2cccc3ccccc23)cc1. The summed E-state index contributed by atoms with van der Waals surface area (Å²) in [6.45, 7) is 1.82. The van der Waals surface area contributed by atoms with E-state index < -0.39 is 17.9 Å². The van der Waals surface area contributed by atoms with Crippen molar-refractivity contribution in [1.29, 1.82) is 0 Å². The molecule has 3 rings (SSSR count). The van der Waals surface area contributed by atoms with E-state index in [0.29, 0.717) is 5.39 Å². The van der Waals surface area contributed by atoms with Gasteiger partial charge in [0.2, 0.25) is 0 Å². The van der Waals surface area contributed by atoms with E-state index >= 15 is 0 Å². The first-order chi connectivity index (χ1) is 12.3. The molecule has 0 atom stereocenters. The van der Waals surface area contributed by atoms with Gasteiger partial charge in [-0.2, -0.15) is 13.2 Å². The Hall–Kier alpha value is -3.08. The minimum atomic E-state index is -4.61. The number of rotatable bonds is 3. The number of alkyl halides is 3. The first-order valence-corrected chi connectivity index (χ1v) is 7.90. The number of hydrogen-bond donors (Lipinski definition) is 0. The molecule has 0 aliphatic heterocycles. The molecule has 0 amide bonds. The third kappa shape index (κ3) is 4.11. The molecular formula is C21H15F3O2. The van der Waals surface area contributed by atoms with Crippen LogP contribution in [0.15, 0.2) is 72.8 Å². The molecule has 0 aliphatic rings. The Morgan fingerprint density at radius 3 is 2.27 bits per heavy atom. The van der Waals surface area contributed by atoms with Crippen molar-refractivity contribution in [3.8, 4) is 0 Å². The number of aryl methyl sites for hydroxylation is 1. The number of fused-ring (bicyclic) bond motifs is 1. The van der Waals surface area contributed by atoms with E-state index in [4.69, 9.17) is 4.74 Å². The van der Waals surface area contributed by atoms with Crippen LogP contribution < -0.4 is 0 Å². The predicted octanol–water partition coefficient (Wildman–Crippen LogP) is 5.91. The zero-order valence-corrected chi connectivity index (χ0v) is 13.9. The van der Waals surface area contributed by atoms with Gasteiger partial charge in [0.15, 0.2) is 0 Å². The number of carbonyl (C=O) groups is 1. The number of ether oxygens (including phenoxy) is 1. The van der Waals surface area contributed by atoms with Crippen molar-refractivity contribution in [3.05, 3.63) is 89.5 Å². The van der Waals surface area contributed by atoms with Crippen LogP contribution in [0.4, 0.5) is 13.2 Å². The molecule has 0 aliphatic carbocycles. The number of halogens is 3. The first kappa shape index (κ1) is 17.7. The summed E-state index contributed by atoms with van der Waals surface area (Å²) in [4.78, 5) is 12.6. The topological polar surface area (TPSA) is 26.3 Å². The van der Waals surface area contributed by atoms with E-state index in [9.17, 15) is 18.0 Å². The van der Waals surface area contributed by atoms with Gasteiger partial charge in [-0.15, -0.1) is 0 Å². The molecule has 0 unspecified atom stereocenters. The Bertz CT molecular complexity index is 965. The fourth-order valence-corrected chi connectivity index (χ4v) is 2.60. The van der Waals surface area contributed by atoms with E-state index in [1.54, 1.807) is 30.3 Å². The highest BCUT2D eigenvalue weighted by atomic mass is 19.4. The van der Waals surface area contributed by atoms with Gasteiger partial charge in [-0.25, -0.2) is 4.79 Å². The molecule has 26 heavy (non-hydrogen) atoms. The smallest absolute Gasteiger partial charge is 0.413 e. The van der Waals surface area contributed by atoms with Gasteiger partial charge >= 0.3 is 12.1 Å². The van der Waals surface area contributed by atoms with Gasteiger partial charge in [0.25, 0.3) is 0 Å². The van der Waals surface area contributed by atoms with Crippen LogP contribution in [-0.4, -0.2) is 12.1 Å². The maximum Gasteiger partial charge on any atom is 0.413 e. The van der Waals surface area contributed by atoms with Crippen LogP contribution >= 0.6 is 0 Å². The molecule has 0 radical (unpaired) electrons. The molecule has 0 N–H and O–H groups in total. The van der Waals surface area contributed by atoms with E-state index in [-0.39, 0.29) is 17.2 Å². The molecule has 0 fully saturated rings. The summed E-state index contributed by atoms with van der Waals surface area (Å²) in [6.07, 6.45) is -4.61. The molecule has 3 aromatic rings. The van der Waals surface area contributed by atoms with Crippen molar-refractivity contribution in [2.45, 2.75) is 13.1 Å². The van der Waals surface area contributed by atoms with Gasteiger partial charge in [0, 0.05) is 5.56 Å². The molecule has 0 saturated carbocycles. The lowest BCUT2D eigenvalue weighted by Crippen LogP contribution is -2.10. The number of esters is 1. The highest BCUT2D eigenvalue weighted by Gasteiger charge is 2.27. The van der Waals surface area contributed by atoms with E-state index in [2.05, 4.69) is 0 Å². The molecular weight excluding hydrogens is 341 g/mol. The highest BCUT2D eigenvalue weighted by molar-refractivity contribution is 6.05. The second-order valence-electron chi connectivity index (χ2n) is 5.83. The fourth-order valence-electron chi connectivity index (χ4n) is 2.60. The van der Waals surface area contributed by atoms with Crippen LogP contribution in [0.2, 0.25) is 0 Å². The summed E-state index contributed by atoms with van der Waals surface area (Å²) in [6, 6.07) is 18.4. The van der Waals surface area contributed by atoms with Crippen LogP contribution in [0.5, 0.6) is 0 Å². The molecule has 3 aromatic carbocycles. The summed E-state index contributed by atoms with van der Waals surface area (Å²) in [5.41, 5.74) is 1.28. The van der Waals surface area contributed by atoms with Gasteiger partial charge in [0.1, 0.15) is 5.76 Å². The van der Waals surface area contributed by atoms with Crippen molar-refractivity contribution in [1.82, 2.24) is 0 Å². The average Bonchev–Trinajstić information content (AvgIpc) is 2.60. The van der Waals surface area contributed by atoms with Crippen molar-refractivity contribution in [2.24, 2.45) is 0 Å². The molecule has 0 saturated heterocycles. The molecule has 0 bridgehead atoms. The normalized spacial score (nSPS) is 12.2. The second kappa shape index (κ2) is 7.04. The summed E-state index contributed by atoms with van der Waals surface area (Å²) < 4.78 is 43.9. The Kier molecular flexibility index (Phi) is 4.80. The van der Waals surface area contributed by atoms with Crippen molar-refractivity contribution in [2.75, 3.05) is 0 Å². The molecule has 5 heteroatoms. The van der Waals surface area contributed by atoms with E-state index in [1.807, 2.05) is 25.1 Å². The van der Waals surface area contributed by atoms with Crippen LogP contribution in [0.1, 0.15) is 21.5 Å². The standard InChI is InChI=1S/C21H15F3O2/c1-14-9-11-16(12-10-14)19(13-21(22,23)24)26-20(25)18-8-4-6-15-5-2-3-7-17(15)18/h2-13H,1H3/b19-13+. The minimum Gasteiger partial charge on any atom is -0.422 e. The van der Waals surface area contributed by atoms with E-state index in [0.717, 1.165) is 10.9 Å². The summed E-state index contributed by atoms with van der Waals surface area (Å²) in [7, 11) is 0. The largest absolute Gasteiger partial charge is 0.422 e. The molecule has 132 valence electrons. The van der Waals surface area contributed by atoms with Crippen molar-refractivity contribution >= 4 is 22.5 Å². The van der Waals surface area contributed by atoms with Crippen LogP contribution in [0.25, 0.3) is 16.5 Å². The zero-order valence-electron chi connectivity index (χ0n) is 13.9. The number of benzene rings is 3. The minimum absolute atomic E-state index is 0.000692. The fraction of sp³-hybridized carbons (Fsp3) is 0.0952. The lowest BCUT2D eigenvalue weighted by molar-refractivity contribution is -0.0802. The predicted molar refractivity (Wildman–Crippen MR) is 94.6 cm³/mol. The van der Waals surface area contributed by atoms with Crippen LogP contribution in [0, 0.1) is 6.92 Å². The Morgan fingerprint density at radius 2 is 1.58 bits per heavy atom. The first-order valence-electron chi connectivity index (χ1n) is 7.90. The quantitative estimate of drug-likeness (QED) is 0.431. The molecule has 0 aromatic heterocycles. The summed E-state index contributed by atoms with van der Waals surface area (Å²) in [5, 5.41) is 1.42. The molecule has 0 spiro atoms. The average molecular weight is 356 g/mol. The molecule has 0 heterocycles. The monoisotopic (exact) mass is 356 g/mol. The van der Waals surface area contributed by atoms with Gasteiger partial charge in [-0.1, -0.05) is 66.2 Å². The van der Waals surface area contributed by atoms with Crippen molar-refractivity contribution < 1.29 is 22.7 Å². The number of hydrogen-bond acceptors (Lipinski definition) is 2. The van der Waals surface area contributed by atoms with Gasteiger partial charge in [-0.3, -0.25) is 0 Å². The van der Waals surface area contributed by atoms with Gasteiger partial charge in [0.05, 0.1) is 11.6 Å². The van der Waals surface area contributed by atoms with E-state index in [1.165, 1.54) is 18.2 Å². The Morgan fingerprint density at radius 1 is 0.923 bits per heavy atom. The third-order valence-corrected chi connectivity index (χ3v) is 3.84. The second-order valence-corrected chi connectivity index (χ2v) is 5.83. The van der Waals surface area contributed by atoms with Crippen LogP contribution in [-0.2, 0) is 4.74 Å². The number of allylic oxidation sites excluding steroid dienone is 1. The maximum absolute atomic E-state index is 12.9. The van der Waals surface area contributed by atoms with Gasteiger partial charge < -0.3 is 4.74 Å². The third-order valence-electron chi connectivity index (χ3n) is 3.84. The zero-order chi connectivity index (χ0) is 18.7. The van der Waals surface area contributed by atoms with Crippen molar-refractivity contribution in [3.63, 3.8) is 0 Å². The van der Waals surface area contributed by atoms with Gasteiger partial charge in [-0.05, 0) is 23.8 Å². The lowest BCUT2D eigenvalue weighted by Gasteiger charge is -2.12. The Balaban J connectivity index is 2.00. The van der Waals surface area contributed by atoms with Crippen LogP contribution in [0.3, 0.4) is 0 Å². The summed E-state index contributed by atoms with van der Waals surface area (Å²) in [5.74, 6) is -1.37. The Labute approximate surface area is 148 Å². The maximum atomic E-state index is 12.9. The molecule has 2 nitrogen and oxygen atoms in total. The summed E-state index contributed by atoms with van der Waals surface area (Å²) >= 11 is 0. The highest BCUT2D eigenvalue weighted by Crippen LogP contribution is 2.27. The lowest BCUT2D eigenvalue weighted by atomic mass is 10.0. The number of carbonyl (C=O) groups excluding carboxylic acids is 1.